The quantitative estimate of drug-likeness (QED) is 0.865. The van der Waals surface area contributed by atoms with Gasteiger partial charge in [0.1, 0.15) is 5.82 Å². The number of rotatable bonds is 5. The van der Waals surface area contributed by atoms with Crippen LogP contribution in [0.1, 0.15) is 34.3 Å². The summed E-state index contributed by atoms with van der Waals surface area (Å²) in [6.45, 7) is 2.58. The Bertz CT molecular complexity index is 612. The van der Waals surface area contributed by atoms with E-state index in [9.17, 15) is 4.79 Å². The molecule has 0 spiro atoms. The SMILES string of the molecule is CCCc1cc(C(=O)NCc2ccc(Br)s2)cc(N)n1. The van der Waals surface area contributed by atoms with Crippen LogP contribution < -0.4 is 11.1 Å². The summed E-state index contributed by atoms with van der Waals surface area (Å²) in [6, 6.07) is 7.37. The van der Waals surface area contributed by atoms with E-state index < -0.39 is 0 Å². The smallest absolute Gasteiger partial charge is 0.251 e. The Morgan fingerprint density at radius 1 is 1.45 bits per heavy atom. The van der Waals surface area contributed by atoms with E-state index in [0.717, 1.165) is 27.2 Å². The second-order valence-corrected chi connectivity index (χ2v) is 6.96. The Hall–Kier alpha value is -1.40. The van der Waals surface area contributed by atoms with Gasteiger partial charge in [-0.15, -0.1) is 11.3 Å². The number of amides is 1. The van der Waals surface area contributed by atoms with Crippen molar-refractivity contribution < 1.29 is 4.79 Å². The highest BCUT2D eigenvalue weighted by Gasteiger charge is 2.09. The Labute approximate surface area is 130 Å². The monoisotopic (exact) mass is 353 g/mol. The Balaban J connectivity index is 2.04. The third-order valence-corrected chi connectivity index (χ3v) is 4.34. The molecule has 2 heterocycles. The van der Waals surface area contributed by atoms with E-state index in [-0.39, 0.29) is 5.91 Å². The molecule has 0 radical (unpaired) electrons. The normalized spacial score (nSPS) is 10.5. The Morgan fingerprint density at radius 2 is 2.25 bits per heavy atom. The molecule has 106 valence electrons. The summed E-state index contributed by atoms with van der Waals surface area (Å²) in [7, 11) is 0. The summed E-state index contributed by atoms with van der Waals surface area (Å²) >= 11 is 5.01. The van der Waals surface area contributed by atoms with E-state index in [1.54, 1.807) is 23.5 Å². The van der Waals surface area contributed by atoms with Crippen LogP contribution >= 0.6 is 27.3 Å². The van der Waals surface area contributed by atoms with Crippen molar-refractivity contribution in [2.24, 2.45) is 0 Å². The highest BCUT2D eigenvalue weighted by atomic mass is 79.9. The van der Waals surface area contributed by atoms with E-state index in [1.807, 2.05) is 12.1 Å². The van der Waals surface area contributed by atoms with Crippen LogP contribution in [0.3, 0.4) is 0 Å². The van der Waals surface area contributed by atoms with Crippen molar-refractivity contribution in [1.82, 2.24) is 10.3 Å². The molecule has 0 aliphatic carbocycles. The van der Waals surface area contributed by atoms with Crippen LogP contribution in [0, 0.1) is 0 Å². The number of aromatic nitrogens is 1. The van der Waals surface area contributed by atoms with E-state index >= 15 is 0 Å². The lowest BCUT2D eigenvalue weighted by atomic mass is 10.1. The highest BCUT2D eigenvalue weighted by Crippen LogP contribution is 2.21. The molecule has 6 heteroatoms. The lowest BCUT2D eigenvalue weighted by molar-refractivity contribution is 0.0951. The molecule has 0 bridgehead atoms. The molecule has 2 aromatic rings. The molecule has 0 aliphatic heterocycles. The maximum Gasteiger partial charge on any atom is 0.251 e. The van der Waals surface area contributed by atoms with Crippen LogP contribution in [0.25, 0.3) is 0 Å². The van der Waals surface area contributed by atoms with Crippen molar-refractivity contribution in [1.29, 1.82) is 0 Å². The zero-order chi connectivity index (χ0) is 14.5. The molecule has 0 saturated carbocycles. The number of carbonyl (C=O) groups excluding carboxylic acids is 1. The second-order valence-electron chi connectivity index (χ2n) is 4.41. The fourth-order valence-corrected chi connectivity index (χ4v) is 3.27. The number of carbonyl (C=O) groups is 1. The lowest BCUT2D eigenvalue weighted by Gasteiger charge is -2.07. The number of hydrogen-bond donors (Lipinski definition) is 2. The van der Waals surface area contributed by atoms with Crippen molar-refractivity contribution in [3.8, 4) is 0 Å². The zero-order valence-corrected chi connectivity index (χ0v) is 13.6. The van der Waals surface area contributed by atoms with Crippen molar-refractivity contribution in [2.45, 2.75) is 26.3 Å². The maximum absolute atomic E-state index is 12.1. The first-order valence-corrected chi connectivity index (χ1v) is 7.98. The molecule has 0 atom stereocenters. The van der Waals surface area contributed by atoms with Gasteiger partial charge in [-0.3, -0.25) is 4.79 Å². The Kier molecular flexibility index (Phi) is 5.14. The summed E-state index contributed by atoms with van der Waals surface area (Å²) in [6.07, 6.45) is 1.80. The topological polar surface area (TPSA) is 68.0 Å². The van der Waals surface area contributed by atoms with E-state index in [1.165, 1.54) is 0 Å². The molecular formula is C14H16BrN3OS. The summed E-state index contributed by atoms with van der Waals surface area (Å²) in [4.78, 5) is 17.5. The van der Waals surface area contributed by atoms with Crippen LogP contribution in [-0.4, -0.2) is 10.9 Å². The largest absolute Gasteiger partial charge is 0.384 e. The molecule has 1 amide bonds. The first-order valence-electron chi connectivity index (χ1n) is 6.37. The number of hydrogen-bond acceptors (Lipinski definition) is 4. The summed E-state index contributed by atoms with van der Waals surface area (Å²) in [5.41, 5.74) is 7.17. The predicted octanol–water partition coefficient (Wildman–Crippen LogP) is 3.37. The number of nitrogens with zero attached hydrogens (tertiary/aromatic N) is 1. The first kappa shape index (κ1) is 15.0. The minimum absolute atomic E-state index is 0.124. The second kappa shape index (κ2) is 6.85. The summed E-state index contributed by atoms with van der Waals surface area (Å²) in [5.74, 6) is 0.265. The van der Waals surface area contributed by atoms with Gasteiger partial charge < -0.3 is 11.1 Å². The van der Waals surface area contributed by atoms with Gasteiger partial charge >= 0.3 is 0 Å². The number of nitrogen functional groups attached to an aromatic ring is 1. The standard InChI is InChI=1S/C14H16BrN3OS/c1-2-3-10-6-9(7-13(16)18-10)14(19)17-8-11-4-5-12(15)20-11/h4-7H,2-3,8H2,1H3,(H2,16,18)(H,17,19). The van der Waals surface area contributed by atoms with Crippen molar-refractivity contribution in [2.75, 3.05) is 5.73 Å². The minimum atomic E-state index is -0.124. The zero-order valence-electron chi connectivity index (χ0n) is 11.1. The fraction of sp³-hybridized carbons (Fsp3) is 0.286. The van der Waals surface area contributed by atoms with Crippen LogP contribution in [0.4, 0.5) is 5.82 Å². The van der Waals surface area contributed by atoms with Crippen LogP contribution in [-0.2, 0) is 13.0 Å². The minimum Gasteiger partial charge on any atom is -0.384 e. The van der Waals surface area contributed by atoms with Gasteiger partial charge in [0.05, 0.1) is 10.3 Å². The van der Waals surface area contributed by atoms with Crippen LogP contribution in [0.2, 0.25) is 0 Å². The number of halogens is 1. The van der Waals surface area contributed by atoms with Crippen molar-refractivity contribution >= 4 is 39.0 Å². The van der Waals surface area contributed by atoms with E-state index in [4.69, 9.17) is 5.73 Å². The number of anilines is 1. The molecule has 0 fully saturated rings. The maximum atomic E-state index is 12.1. The third-order valence-electron chi connectivity index (χ3n) is 2.72. The van der Waals surface area contributed by atoms with E-state index in [0.29, 0.717) is 17.9 Å². The fourth-order valence-electron chi connectivity index (χ4n) is 1.84. The summed E-state index contributed by atoms with van der Waals surface area (Å²) < 4.78 is 1.06. The predicted molar refractivity (Wildman–Crippen MR) is 85.8 cm³/mol. The van der Waals surface area contributed by atoms with E-state index in [2.05, 4.69) is 33.2 Å². The molecule has 2 aromatic heterocycles. The molecule has 2 rings (SSSR count). The Morgan fingerprint density at radius 3 is 2.90 bits per heavy atom. The highest BCUT2D eigenvalue weighted by molar-refractivity contribution is 9.11. The van der Waals surface area contributed by atoms with Gasteiger partial charge in [0, 0.05) is 16.1 Å². The van der Waals surface area contributed by atoms with Gasteiger partial charge in [-0.05, 0) is 46.6 Å². The number of pyridine rings is 1. The molecule has 0 aromatic carbocycles. The molecule has 20 heavy (non-hydrogen) atoms. The molecule has 0 saturated heterocycles. The molecule has 0 aliphatic rings. The lowest BCUT2D eigenvalue weighted by Crippen LogP contribution is -2.22. The molecular weight excluding hydrogens is 338 g/mol. The van der Waals surface area contributed by atoms with Gasteiger partial charge in [-0.25, -0.2) is 4.98 Å². The average molecular weight is 354 g/mol. The number of nitrogens with two attached hydrogens (primary N) is 1. The number of aryl methyl sites for hydroxylation is 1. The number of nitrogens with one attached hydrogen (secondary N) is 1. The molecule has 4 nitrogen and oxygen atoms in total. The average Bonchev–Trinajstić information content (AvgIpc) is 2.81. The first-order chi connectivity index (χ1) is 9.58. The van der Waals surface area contributed by atoms with Crippen molar-refractivity contribution in [3.63, 3.8) is 0 Å². The number of thiophene rings is 1. The van der Waals surface area contributed by atoms with Crippen LogP contribution in [0.15, 0.2) is 28.1 Å². The van der Waals surface area contributed by atoms with Gasteiger partial charge in [0.25, 0.3) is 5.91 Å². The molecule has 0 unspecified atom stereocenters. The van der Waals surface area contributed by atoms with Gasteiger partial charge in [-0.1, -0.05) is 13.3 Å². The van der Waals surface area contributed by atoms with Gasteiger partial charge in [0.2, 0.25) is 0 Å². The third kappa shape index (κ3) is 4.05. The summed E-state index contributed by atoms with van der Waals surface area (Å²) in [5, 5.41) is 2.89. The molecule has 3 N–H and O–H groups in total. The van der Waals surface area contributed by atoms with Gasteiger partial charge in [0.15, 0.2) is 0 Å². The van der Waals surface area contributed by atoms with Gasteiger partial charge in [-0.2, -0.15) is 0 Å². The van der Waals surface area contributed by atoms with Crippen LogP contribution in [0.5, 0.6) is 0 Å². The van der Waals surface area contributed by atoms with Crippen molar-refractivity contribution in [3.05, 3.63) is 44.2 Å².